The molecule has 1 aliphatic heterocycles. The van der Waals surface area contributed by atoms with Crippen molar-refractivity contribution in [1.29, 1.82) is 0 Å². The van der Waals surface area contributed by atoms with Crippen LogP contribution in [0.4, 0.5) is 0 Å². The predicted molar refractivity (Wildman–Crippen MR) is 73.2 cm³/mol. The fraction of sp³-hybridized carbons (Fsp3) is 0.500. The van der Waals surface area contributed by atoms with Gasteiger partial charge in [-0.15, -0.1) is 0 Å². The molecule has 4 N–H and O–H groups in total. The summed E-state index contributed by atoms with van der Waals surface area (Å²) in [5, 5.41) is 9.90. The summed E-state index contributed by atoms with van der Waals surface area (Å²) in [7, 11) is 0. The lowest BCUT2D eigenvalue weighted by molar-refractivity contribution is -0.00730. The van der Waals surface area contributed by atoms with Gasteiger partial charge in [-0.3, -0.25) is 15.1 Å². The highest BCUT2D eigenvalue weighted by molar-refractivity contribution is 5.93. The van der Waals surface area contributed by atoms with Gasteiger partial charge in [-0.25, -0.2) is 5.84 Å². The zero-order valence-corrected chi connectivity index (χ0v) is 11.2. The van der Waals surface area contributed by atoms with Gasteiger partial charge in [0.15, 0.2) is 0 Å². The highest BCUT2D eigenvalue weighted by atomic mass is 16.3. The molecule has 1 aromatic rings. The summed E-state index contributed by atoms with van der Waals surface area (Å²) >= 11 is 0. The molecule has 0 atom stereocenters. The van der Waals surface area contributed by atoms with E-state index < -0.39 is 5.60 Å². The van der Waals surface area contributed by atoms with Crippen LogP contribution in [0.15, 0.2) is 24.3 Å². The van der Waals surface area contributed by atoms with Gasteiger partial charge in [0.05, 0.1) is 5.60 Å². The molecule has 0 saturated carbocycles. The largest absolute Gasteiger partial charge is 0.390 e. The molecule has 0 aromatic heterocycles. The number of nitrogens with one attached hydrogen (secondary N) is 1. The van der Waals surface area contributed by atoms with Crippen molar-refractivity contribution >= 4 is 5.91 Å². The third-order valence-corrected chi connectivity index (χ3v) is 3.69. The zero-order chi connectivity index (χ0) is 13.9. The normalized spacial score (nSPS) is 19.1. The number of piperidine rings is 1. The van der Waals surface area contributed by atoms with Gasteiger partial charge < -0.3 is 5.11 Å². The van der Waals surface area contributed by atoms with Crippen molar-refractivity contribution in [3.05, 3.63) is 35.4 Å². The van der Waals surface area contributed by atoms with Gasteiger partial charge in [0.2, 0.25) is 0 Å². The van der Waals surface area contributed by atoms with E-state index in [0.717, 1.165) is 38.0 Å². The Morgan fingerprint density at radius 2 is 1.95 bits per heavy atom. The Balaban J connectivity index is 1.92. The number of nitrogen functional groups attached to an aromatic ring is 1. The van der Waals surface area contributed by atoms with Crippen molar-refractivity contribution in [1.82, 2.24) is 10.3 Å². The maximum Gasteiger partial charge on any atom is 0.265 e. The van der Waals surface area contributed by atoms with Gasteiger partial charge >= 0.3 is 0 Å². The van der Waals surface area contributed by atoms with Crippen LogP contribution in [0.25, 0.3) is 0 Å². The van der Waals surface area contributed by atoms with Gasteiger partial charge in [-0.2, -0.15) is 0 Å². The lowest BCUT2D eigenvalue weighted by atomic mass is 9.93. The van der Waals surface area contributed by atoms with Crippen LogP contribution < -0.4 is 11.3 Å². The highest BCUT2D eigenvalue weighted by Gasteiger charge is 2.26. The number of carbonyl (C=O) groups is 1. The van der Waals surface area contributed by atoms with Crippen molar-refractivity contribution < 1.29 is 9.90 Å². The first-order chi connectivity index (χ1) is 9.00. The molecular formula is C14H21N3O2. The van der Waals surface area contributed by atoms with Crippen LogP contribution in [0.1, 0.15) is 35.7 Å². The maximum atomic E-state index is 11.3. The van der Waals surface area contributed by atoms with E-state index in [2.05, 4.69) is 10.3 Å². The molecule has 0 radical (unpaired) electrons. The Kier molecular flexibility index (Phi) is 4.19. The smallest absolute Gasteiger partial charge is 0.265 e. The summed E-state index contributed by atoms with van der Waals surface area (Å²) < 4.78 is 0. The third kappa shape index (κ3) is 3.76. The molecule has 1 heterocycles. The molecular weight excluding hydrogens is 242 g/mol. The summed E-state index contributed by atoms with van der Waals surface area (Å²) in [6, 6.07) is 7.43. The van der Waals surface area contributed by atoms with E-state index in [1.807, 2.05) is 19.1 Å². The Hall–Kier alpha value is -1.43. The average molecular weight is 263 g/mol. The second-order valence-corrected chi connectivity index (χ2v) is 5.44. The Morgan fingerprint density at radius 3 is 2.47 bits per heavy atom. The number of amides is 1. The van der Waals surface area contributed by atoms with Crippen molar-refractivity contribution in [2.24, 2.45) is 5.84 Å². The van der Waals surface area contributed by atoms with Crippen molar-refractivity contribution in [3.63, 3.8) is 0 Å². The number of benzene rings is 1. The minimum atomic E-state index is -0.514. The molecule has 1 amide bonds. The van der Waals surface area contributed by atoms with Crippen LogP contribution in [-0.2, 0) is 6.54 Å². The molecule has 104 valence electrons. The fourth-order valence-electron chi connectivity index (χ4n) is 2.30. The molecule has 0 spiro atoms. The Morgan fingerprint density at radius 1 is 1.37 bits per heavy atom. The summed E-state index contributed by atoms with van der Waals surface area (Å²) in [6.45, 7) is 4.54. The molecule has 1 saturated heterocycles. The topological polar surface area (TPSA) is 78.6 Å². The fourth-order valence-corrected chi connectivity index (χ4v) is 2.30. The molecule has 5 heteroatoms. The van der Waals surface area contributed by atoms with Crippen LogP contribution in [0, 0.1) is 0 Å². The monoisotopic (exact) mass is 263 g/mol. The zero-order valence-electron chi connectivity index (χ0n) is 11.2. The van der Waals surface area contributed by atoms with E-state index in [0.29, 0.717) is 5.56 Å². The number of hydrogen-bond acceptors (Lipinski definition) is 4. The van der Waals surface area contributed by atoms with E-state index in [1.54, 1.807) is 12.1 Å². The summed E-state index contributed by atoms with van der Waals surface area (Å²) in [5.74, 6) is 4.81. The van der Waals surface area contributed by atoms with E-state index in [-0.39, 0.29) is 5.91 Å². The molecule has 0 unspecified atom stereocenters. The van der Waals surface area contributed by atoms with Gasteiger partial charge in [0, 0.05) is 25.2 Å². The number of aliphatic hydroxyl groups is 1. The highest BCUT2D eigenvalue weighted by Crippen LogP contribution is 2.22. The molecule has 0 aliphatic carbocycles. The lowest BCUT2D eigenvalue weighted by Gasteiger charge is -2.35. The second-order valence-electron chi connectivity index (χ2n) is 5.44. The number of hydrogen-bond donors (Lipinski definition) is 3. The van der Waals surface area contributed by atoms with Crippen molar-refractivity contribution in [3.8, 4) is 0 Å². The molecule has 19 heavy (non-hydrogen) atoms. The first kappa shape index (κ1) is 14.0. The summed E-state index contributed by atoms with van der Waals surface area (Å²) in [4.78, 5) is 13.6. The van der Waals surface area contributed by atoms with Crippen LogP contribution in [0.5, 0.6) is 0 Å². The van der Waals surface area contributed by atoms with Gasteiger partial charge in [-0.1, -0.05) is 12.1 Å². The minimum Gasteiger partial charge on any atom is -0.390 e. The quantitative estimate of drug-likeness (QED) is 0.425. The van der Waals surface area contributed by atoms with E-state index in [9.17, 15) is 9.90 Å². The van der Waals surface area contributed by atoms with E-state index >= 15 is 0 Å². The van der Waals surface area contributed by atoms with Crippen LogP contribution in [0.3, 0.4) is 0 Å². The van der Waals surface area contributed by atoms with Crippen molar-refractivity contribution in [2.75, 3.05) is 13.1 Å². The van der Waals surface area contributed by atoms with Crippen LogP contribution >= 0.6 is 0 Å². The Bertz CT molecular complexity index is 433. The number of likely N-dealkylation sites (tertiary alicyclic amines) is 1. The number of carbonyl (C=O) groups excluding carboxylic acids is 1. The first-order valence-corrected chi connectivity index (χ1v) is 6.55. The summed E-state index contributed by atoms with van der Waals surface area (Å²) in [5.41, 5.74) is 3.32. The third-order valence-electron chi connectivity index (χ3n) is 3.69. The van der Waals surface area contributed by atoms with Gasteiger partial charge in [-0.05, 0) is 37.5 Å². The number of nitrogens with two attached hydrogens (primary N) is 1. The maximum absolute atomic E-state index is 11.3. The van der Waals surface area contributed by atoms with Crippen LogP contribution in [-0.4, -0.2) is 34.6 Å². The number of hydrazine groups is 1. The second kappa shape index (κ2) is 5.69. The van der Waals surface area contributed by atoms with E-state index in [1.165, 1.54) is 0 Å². The van der Waals surface area contributed by atoms with Crippen molar-refractivity contribution in [2.45, 2.75) is 31.9 Å². The average Bonchev–Trinajstić information content (AvgIpc) is 2.41. The minimum absolute atomic E-state index is 0.277. The number of nitrogens with zero attached hydrogens (tertiary/aromatic N) is 1. The molecule has 1 aliphatic rings. The first-order valence-electron chi connectivity index (χ1n) is 6.55. The lowest BCUT2D eigenvalue weighted by Crippen LogP contribution is -2.41. The Labute approximate surface area is 113 Å². The number of rotatable bonds is 3. The van der Waals surface area contributed by atoms with Gasteiger partial charge in [0.1, 0.15) is 0 Å². The van der Waals surface area contributed by atoms with E-state index in [4.69, 9.17) is 5.84 Å². The molecule has 2 rings (SSSR count). The van der Waals surface area contributed by atoms with Crippen LogP contribution in [0.2, 0.25) is 0 Å². The molecule has 1 aromatic carbocycles. The predicted octanol–water partition coefficient (Wildman–Crippen LogP) is 0.637. The van der Waals surface area contributed by atoms with Gasteiger partial charge in [0.25, 0.3) is 5.91 Å². The molecule has 1 fully saturated rings. The standard InChI is InChI=1S/C14H21N3O2/c1-14(19)6-8-17(9-7-14)10-11-2-4-12(5-3-11)13(18)16-15/h2-5,19H,6-10,15H2,1H3,(H,16,18). The molecule has 5 nitrogen and oxygen atoms in total. The summed E-state index contributed by atoms with van der Waals surface area (Å²) in [6.07, 6.45) is 1.61. The molecule has 0 bridgehead atoms. The SMILES string of the molecule is CC1(O)CCN(Cc2ccc(C(=O)NN)cc2)CC1.